The lowest BCUT2D eigenvalue weighted by Gasteiger charge is -2.24. The minimum atomic E-state index is -0.135. The van der Waals surface area contributed by atoms with Gasteiger partial charge in [-0.3, -0.25) is 0 Å². The van der Waals surface area contributed by atoms with Crippen molar-refractivity contribution in [3.63, 3.8) is 0 Å². The number of likely N-dealkylation sites (N-methyl/N-ethyl adjacent to an activating group) is 1. The number of rotatable bonds is 5. The van der Waals surface area contributed by atoms with Crippen LogP contribution < -0.4 is 10.6 Å². The quantitative estimate of drug-likeness (QED) is 0.658. The summed E-state index contributed by atoms with van der Waals surface area (Å²) in [6.45, 7) is 6.69. The van der Waals surface area contributed by atoms with E-state index in [1.165, 1.54) is 26.6 Å². The third kappa shape index (κ3) is 4.38. The van der Waals surface area contributed by atoms with Crippen molar-refractivity contribution in [2.45, 2.75) is 39.4 Å². The third-order valence-corrected chi connectivity index (χ3v) is 6.71. The van der Waals surface area contributed by atoms with E-state index in [4.69, 9.17) is 0 Å². The highest BCUT2D eigenvalue weighted by atomic mass is 32.1. The molecular weight excluding hydrogens is 380 g/mol. The van der Waals surface area contributed by atoms with Crippen molar-refractivity contribution in [2.75, 3.05) is 13.6 Å². The van der Waals surface area contributed by atoms with Crippen molar-refractivity contribution in [3.05, 3.63) is 75.9 Å². The summed E-state index contributed by atoms with van der Waals surface area (Å²) < 4.78 is 2.17. The van der Waals surface area contributed by atoms with Gasteiger partial charge < -0.3 is 20.1 Å². The summed E-state index contributed by atoms with van der Waals surface area (Å²) in [6, 6.07) is 12.1. The van der Waals surface area contributed by atoms with Crippen molar-refractivity contribution < 1.29 is 4.79 Å². The molecule has 4 rings (SSSR count). The number of amides is 2. The number of thiophene rings is 1. The molecule has 1 unspecified atom stereocenters. The van der Waals surface area contributed by atoms with Gasteiger partial charge in [0.05, 0.1) is 6.04 Å². The van der Waals surface area contributed by atoms with Crippen molar-refractivity contribution >= 4 is 17.4 Å². The van der Waals surface area contributed by atoms with Crippen molar-refractivity contribution in [2.24, 2.45) is 0 Å². The van der Waals surface area contributed by atoms with E-state index in [1.807, 2.05) is 23.5 Å². The van der Waals surface area contributed by atoms with Gasteiger partial charge in [0.1, 0.15) is 5.00 Å². The zero-order valence-corrected chi connectivity index (χ0v) is 18.1. The van der Waals surface area contributed by atoms with Gasteiger partial charge in [-0.1, -0.05) is 29.8 Å². The van der Waals surface area contributed by atoms with Crippen LogP contribution in [-0.2, 0) is 19.5 Å². The Morgan fingerprint density at radius 1 is 1.21 bits per heavy atom. The highest BCUT2D eigenvalue weighted by Crippen LogP contribution is 2.38. The Morgan fingerprint density at radius 3 is 2.66 bits per heavy atom. The zero-order valence-electron chi connectivity index (χ0n) is 17.2. The van der Waals surface area contributed by atoms with Gasteiger partial charge in [0, 0.05) is 42.5 Å². The predicted octanol–water partition coefficient (Wildman–Crippen LogP) is 4.40. The summed E-state index contributed by atoms with van der Waals surface area (Å²) in [5, 5.41) is 7.36. The first-order chi connectivity index (χ1) is 14.0. The molecule has 0 aliphatic carbocycles. The highest BCUT2D eigenvalue weighted by molar-refractivity contribution is 7.15. The Labute approximate surface area is 176 Å². The summed E-state index contributed by atoms with van der Waals surface area (Å²) in [6.07, 6.45) is 5.18. The van der Waals surface area contributed by atoms with Gasteiger partial charge in [-0.15, -0.1) is 11.3 Å². The van der Waals surface area contributed by atoms with Crippen LogP contribution in [0.2, 0.25) is 0 Å². The van der Waals surface area contributed by atoms with Crippen LogP contribution in [0.5, 0.6) is 0 Å². The monoisotopic (exact) mass is 408 g/mol. The number of hydrogen-bond acceptors (Lipinski definition) is 3. The molecule has 2 N–H and O–H groups in total. The van der Waals surface area contributed by atoms with Gasteiger partial charge in [0.25, 0.3) is 0 Å². The van der Waals surface area contributed by atoms with Gasteiger partial charge in [-0.05, 0) is 50.6 Å². The highest BCUT2D eigenvalue weighted by Gasteiger charge is 2.27. The minimum absolute atomic E-state index is 0.0613. The lowest BCUT2D eigenvalue weighted by atomic mass is 9.98. The van der Waals surface area contributed by atoms with Crippen LogP contribution >= 0.6 is 11.3 Å². The maximum atomic E-state index is 12.6. The largest absolute Gasteiger partial charge is 0.334 e. The molecule has 3 aromatic rings. The van der Waals surface area contributed by atoms with E-state index in [2.05, 4.69) is 77.7 Å². The molecule has 1 aliphatic heterocycles. The van der Waals surface area contributed by atoms with Crippen LogP contribution in [0.15, 0.2) is 48.8 Å². The van der Waals surface area contributed by atoms with Gasteiger partial charge in [0.15, 0.2) is 0 Å². The minimum Gasteiger partial charge on any atom is -0.334 e. The van der Waals surface area contributed by atoms with Crippen LogP contribution in [0, 0.1) is 6.92 Å². The number of urea groups is 1. The Bertz CT molecular complexity index is 975. The zero-order chi connectivity index (χ0) is 20.4. The molecule has 5 nitrogen and oxygen atoms in total. The summed E-state index contributed by atoms with van der Waals surface area (Å²) in [5.41, 5.74) is 4.97. The molecule has 0 bridgehead atoms. The number of carbonyl (C=O) groups excluding carboxylic acids is 1. The topological polar surface area (TPSA) is 49.3 Å². The van der Waals surface area contributed by atoms with Crippen molar-refractivity contribution in [1.29, 1.82) is 0 Å². The Balaban J connectivity index is 1.51. The van der Waals surface area contributed by atoms with E-state index in [0.717, 1.165) is 25.1 Å². The molecule has 3 heterocycles. The van der Waals surface area contributed by atoms with E-state index >= 15 is 0 Å². The van der Waals surface area contributed by atoms with Gasteiger partial charge in [-0.2, -0.15) is 0 Å². The molecule has 29 heavy (non-hydrogen) atoms. The normalized spacial score (nSPS) is 15.0. The van der Waals surface area contributed by atoms with Gasteiger partial charge in [-0.25, -0.2) is 4.79 Å². The summed E-state index contributed by atoms with van der Waals surface area (Å²) in [4.78, 5) is 16.3. The summed E-state index contributed by atoms with van der Waals surface area (Å²) in [5.74, 6) is 0. The molecule has 1 aromatic carbocycles. The molecule has 0 saturated carbocycles. The average molecular weight is 409 g/mol. The van der Waals surface area contributed by atoms with E-state index in [1.54, 1.807) is 0 Å². The molecular formula is C23H28N4OS. The van der Waals surface area contributed by atoms with Gasteiger partial charge >= 0.3 is 6.03 Å². The molecule has 0 saturated heterocycles. The molecule has 0 spiro atoms. The lowest BCUT2D eigenvalue weighted by molar-refractivity contribution is 0.237. The fraction of sp³-hybridized carbons (Fsp3) is 0.348. The number of aromatic nitrogens is 1. The Hall–Kier alpha value is -2.57. The lowest BCUT2D eigenvalue weighted by Crippen LogP contribution is -2.37. The number of carbonyl (C=O) groups is 1. The maximum absolute atomic E-state index is 12.6. The van der Waals surface area contributed by atoms with Crippen LogP contribution in [0.25, 0.3) is 5.00 Å². The second-order valence-corrected chi connectivity index (χ2v) is 8.92. The molecule has 6 heteroatoms. The molecule has 0 radical (unpaired) electrons. The van der Waals surface area contributed by atoms with Crippen LogP contribution in [0.4, 0.5) is 4.79 Å². The molecule has 1 aliphatic rings. The molecule has 0 fully saturated rings. The number of aryl methyl sites for hydroxylation is 1. The van der Waals surface area contributed by atoms with E-state index in [-0.39, 0.29) is 12.1 Å². The average Bonchev–Trinajstić information content (AvgIpc) is 3.34. The smallest absolute Gasteiger partial charge is 0.315 e. The van der Waals surface area contributed by atoms with E-state index in [0.29, 0.717) is 6.54 Å². The molecule has 152 valence electrons. The second-order valence-electron chi connectivity index (χ2n) is 7.84. The molecule has 1 atom stereocenters. The third-order valence-electron chi connectivity index (χ3n) is 5.46. The van der Waals surface area contributed by atoms with Gasteiger partial charge in [0.2, 0.25) is 0 Å². The first kappa shape index (κ1) is 19.7. The number of nitrogens with one attached hydrogen (secondary N) is 2. The van der Waals surface area contributed by atoms with E-state index < -0.39 is 0 Å². The number of benzene rings is 1. The first-order valence-corrected chi connectivity index (χ1v) is 10.9. The fourth-order valence-electron chi connectivity index (χ4n) is 3.86. The van der Waals surface area contributed by atoms with Crippen molar-refractivity contribution in [1.82, 2.24) is 20.1 Å². The first-order valence-electron chi connectivity index (χ1n) is 10.1. The maximum Gasteiger partial charge on any atom is 0.315 e. The van der Waals surface area contributed by atoms with Crippen LogP contribution in [0.3, 0.4) is 0 Å². The predicted molar refractivity (Wildman–Crippen MR) is 119 cm³/mol. The SMILES string of the molecule is Cc1ccc(CNC(=O)NC(C)c2c(-n3cccc3)sc3c2CCN(C)C3)cc1. The standard InChI is InChI=1S/C23H28N4OS/c1-16-6-8-18(9-7-16)14-24-23(28)25-17(2)21-19-10-13-26(3)15-20(19)29-22(21)27-11-4-5-12-27/h4-9,11-12,17H,10,13-15H2,1-3H3,(H2,24,25,28). The molecule has 2 aromatic heterocycles. The summed E-state index contributed by atoms with van der Waals surface area (Å²) in [7, 11) is 2.16. The second kappa shape index (κ2) is 8.43. The summed E-state index contributed by atoms with van der Waals surface area (Å²) >= 11 is 1.84. The number of nitrogens with zero attached hydrogens (tertiary/aromatic N) is 2. The van der Waals surface area contributed by atoms with E-state index in [9.17, 15) is 4.79 Å². The Kier molecular flexibility index (Phi) is 5.74. The number of hydrogen-bond donors (Lipinski definition) is 2. The Morgan fingerprint density at radius 2 is 1.93 bits per heavy atom. The van der Waals surface area contributed by atoms with Crippen LogP contribution in [0.1, 0.15) is 40.1 Å². The molecule has 2 amide bonds. The fourth-order valence-corrected chi connectivity index (χ4v) is 5.35. The van der Waals surface area contributed by atoms with Crippen molar-refractivity contribution in [3.8, 4) is 5.00 Å². The number of fused-ring (bicyclic) bond motifs is 1. The van der Waals surface area contributed by atoms with Crippen LogP contribution in [-0.4, -0.2) is 29.1 Å².